The van der Waals surface area contributed by atoms with E-state index in [0.29, 0.717) is 19.1 Å². The summed E-state index contributed by atoms with van der Waals surface area (Å²) < 4.78 is 21.1. The van der Waals surface area contributed by atoms with E-state index in [-0.39, 0.29) is 12.2 Å². The van der Waals surface area contributed by atoms with E-state index in [1.54, 1.807) is 0 Å². The van der Waals surface area contributed by atoms with Crippen molar-refractivity contribution in [3.63, 3.8) is 0 Å². The molecule has 0 aromatic carbocycles. The van der Waals surface area contributed by atoms with Gasteiger partial charge in [0.25, 0.3) is 0 Å². The minimum Gasteiger partial charge on any atom is -0.301 e. The van der Waals surface area contributed by atoms with E-state index < -0.39 is 6.16 Å². The van der Waals surface area contributed by atoms with Crippen molar-refractivity contribution in [3.05, 3.63) is 0 Å². The first kappa shape index (κ1) is 8.72. The SMILES string of the molecule is CC1COC2(OCC(CCl)O2)O1. The second kappa shape index (κ2) is 3.12. The van der Waals surface area contributed by atoms with Crippen molar-refractivity contribution in [1.29, 1.82) is 0 Å². The molecule has 0 aromatic rings. The highest BCUT2D eigenvalue weighted by Crippen LogP contribution is 2.32. The van der Waals surface area contributed by atoms with E-state index in [1.165, 1.54) is 0 Å². The Morgan fingerprint density at radius 2 is 2.08 bits per heavy atom. The second-order valence-electron chi connectivity index (χ2n) is 2.94. The fraction of sp³-hybridized carbons (Fsp3) is 1.00. The maximum absolute atomic E-state index is 5.59. The summed E-state index contributed by atoms with van der Waals surface area (Å²) in [4.78, 5) is 0. The third kappa shape index (κ3) is 1.45. The third-order valence-electron chi connectivity index (χ3n) is 1.77. The van der Waals surface area contributed by atoms with Crippen LogP contribution in [0.2, 0.25) is 0 Å². The van der Waals surface area contributed by atoms with E-state index in [0.717, 1.165) is 0 Å². The number of hydrogen-bond donors (Lipinski definition) is 0. The Hall–Kier alpha value is 0.130. The van der Waals surface area contributed by atoms with Crippen LogP contribution >= 0.6 is 11.6 Å². The molecule has 2 rings (SSSR count). The zero-order chi connectivity index (χ0) is 8.60. The van der Waals surface area contributed by atoms with Crippen LogP contribution in [0.25, 0.3) is 0 Å². The van der Waals surface area contributed by atoms with Crippen molar-refractivity contribution < 1.29 is 18.9 Å². The Kier molecular flexibility index (Phi) is 2.27. The van der Waals surface area contributed by atoms with Crippen molar-refractivity contribution >= 4 is 11.6 Å². The van der Waals surface area contributed by atoms with Gasteiger partial charge in [0, 0.05) is 0 Å². The first-order valence-electron chi connectivity index (χ1n) is 3.93. The molecular weight excluding hydrogens is 184 g/mol. The van der Waals surface area contributed by atoms with Crippen LogP contribution in [0.5, 0.6) is 0 Å². The molecule has 0 radical (unpaired) electrons. The monoisotopic (exact) mass is 194 g/mol. The molecule has 0 amide bonds. The van der Waals surface area contributed by atoms with Crippen LogP contribution in [0.15, 0.2) is 0 Å². The Balaban J connectivity index is 1.97. The summed E-state index contributed by atoms with van der Waals surface area (Å²) in [5.74, 6) is 0.392. The Bertz CT molecular complexity index is 177. The molecule has 0 aromatic heterocycles. The molecule has 1 spiro atoms. The molecule has 0 saturated carbocycles. The number of hydrogen-bond acceptors (Lipinski definition) is 4. The average Bonchev–Trinajstić information content (AvgIpc) is 2.61. The topological polar surface area (TPSA) is 36.9 Å². The summed E-state index contributed by atoms with van der Waals surface area (Å²) in [6.07, 6.45) is -1.37. The first-order chi connectivity index (χ1) is 5.74. The Morgan fingerprint density at radius 1 is 1.33 bits per heavy atom. The zero-order valence-electron chi connectivity index (χ0n) is 6.79. The van der Waals surface area contributed by atoms with Gasteiger partial charge in [-0.1, -0.05) is 0 Å². The average molecular weight is 195 g/mol. The van der Waals surface area contributed by atoms with Gasteiger partial charge >= 0.3 is 6.16 Å². The van der Waals surface area contributed by atoms with Gasteiger partial charge in [0.15, 0.2) is 0 Å². The molecule has 4 nitrogen and oxygen atoms in total. The van der Waals surface area contributed by atoms with Gasteiger partial charge in [0.2, 0.25) is 0 Å². The van der Waals surface area contributed by atoms with Gasteiger partial charge in [-0.2, -0.15) is 0 Å². The summed E-state index contributed by atoms with van der Waals surface area (Å²) in [6.45, 7) is 2.82. The lowest BCUT2D eigenvalue weighted by Gasteiger charge is -2.18. The molecule has 0 N–H and O–H groups in total. The summed E-state index contributed by atoms with van der Waals surface area (Å²) >= 11 is 5.59. The van der Waals surface area contributed by atoms with Crippen LogP contribution in [0, 0.1) is 0 Å². The predicted molar refractivity (Wildman–Crippen MR) is 40.8 cm³/mol. The zero-order valence-corrected chi connectivity index (χ0v) is 7.54. The summed E-state index contributed by atoms with van der Waals surface area (Å²) in [5.41, 5.74) is 0. The lowest BCUT2D eigenvalue weighted by atomic mass is 10.4. The third-order valence-corrected chi connectivity index (χ3v) is 2.11. The molecular formula is C7H11ClO4. The molecule has 3 atom stereocenters. The maximum atomic E-state index is 5.59. The minimum absolute atomic E-state index is 0.0130. The van der Waals surface area contributed by atoms with Crippen LogP contribution in [-0.2, 0) is 18.9 Å². The molecule has 70 valence electrons. The van der Waals surface area contributed by atoms with Gasteiger partial charge in [0.1, 0.15) is 6.10 Å². The molecule has 2 heterocycles. The lowest BCUT2D eigenvalue weighted by molar-refractivity contribution is -0.429. The van der Waals surface area contributed by atoms with E-state index in [2.05, 4.69) is 0 Å². The van der Waals surface area contributed by atoms with Crippen molar-refractivity contribution in [3.8, 4) is 0 Å². The smallest absolute Gasteiger partial charge is 0.301 e. The summed E-state index contributed by atoms with van der Waals surface area (Å²) in [7, 11) is 0. The molecule has 5 heteroatoms. The number of ether oxygens (including phenoxy) is 4. The number of rotatable bonds is 1. The highest BCUT2D eigenvalue weighted by molar-refractivity contribution is 6.18. The lowest BCUT2D eigenvalue weighted by Crippen LogP contribution is -2.32. The molecule has 2 aliphatic heterocycles. The van der Waals surface area contributed by atoms with Crippen LogP contribution in [0.3, 0.4) is 0 Å². The second-order valence-corrected chi connectivity index (χ2v) is 3.25. The normalized spacial score (nSPS) is 47.5. The van der Waals surface area contributed by atoms with E-state index in [9.17, 15) is 0 Å². The van der Waals surface area contributed by atoms with Crippen molar-refractivity contribution in [2.24, 2.45) is 0 Å². The summed E-state index contributed by atoms with van der Waals surface area (Å²) in [5, 5.41) is 0. The Labute approximate surface area is 75.7 Å². The van der Waals surface area contributed by atoms with Crippen LogP contribution in [0.4, 0.5) is 0 Å². The molecule has 3 unspecified atom stereocenters. The van der Waals surface area contributed by atoms with Gasteiger partial charge in [-0.25, -0.2) is 0 Å². The van der Waals surface area contributed by atoms with E-state index >= 15 is 0 Å². The molecule has 12 heavy (non-hydrogen) atoms. The quantitative estimate of drug-likeness (QED) is 0.576. The fourth-order valence-electron chi connectivity index (χ4n) is 1.21. The van der Waals surface area contributed by atoms with Crippen LogP contribution in [-0.4, -0.2) is 37.5 Å². The van der Waals surface area contributed by atoms with Crippen molar-refractivity contribution in [2.75, 3.05) is 19.1 Å². The maximum Gasteiger partial charge on any atom is 0.413 e. The number of alkyl halides is 1. The van der Waals surface area contributed by atoms with E-state index in [1.807, 2.05) is 6.92 Å². The fourth-order valence-corrected chi connectivity index (χ4v) is 1.37. The van der Waals surface area contributed by atoms with Crippen LogP contribution in [0.1, 0.15) is 6.92 Å². The molecule has 2 aliphatic rings. The predicted octanol–water partition coefficient (Wildman–Crippen LogP) is 0.687. The van der Waals surface area contributed by atoms with Gasteiger partial charge in [-0.15, -0.1) is 11.6 Å². The van der Waals surface area contributed by atoms with Gasteiger partial charge in [-0.05, 0) is 6.92 Å². The van der Waals surface area contributed by atoms with Gasteiger partial charge < -0.3 is 9.47 Å². The van der Waals surface area contributed by atoms with Gasteiger partial charge in [-0.3, -0.25) is 9.47 Å². The first-order valence-corrected chi connectivity index (χ1v) is 4.47. The van der Waals surface area contributed by atoms with E-state index in [4.69, 9.17) is 30.5 Å². The van der Waals surface area contributed by atoms with Crippen LogP contribution < -0.4 is 0 Å². The number of halogens is 1. The minimum atomic E-state index is -1.25. The Morgan fingerprint density at radius 3 is 2.58 bits per heavy atom. The summed E-state index contributed by atoms with van der Waals surface area (Å²) in [6, 6.07) is 0. The molecule has 2 saturated heterocycles. The van der Waals surface area contributed by atoms with Crippen molar-refractivity contribution in [1.82, 2.24) is 0 Å². The van der Waals surface area contributed by atoms with Gasteiger partial charge in [0.05, 0.1) is 25.2 Å². The van der Waals surface area contributed by atoms with Crippen molar-refractivity contribution in [2.45, 2.75) is 25.3 Å². The molecule has 0 bridgehead atoms. The molecule has 0 aliphatic carbocycles. The molecule has 2 fully saturated rings. The highest BCUT2D eigenvalue weighted by Gasteiger charge is 2.50. The standard InChI is InChI=1S/C7H11ClO4/c1-5-3-9-7(11-5)10-4-6(2-8)12-7/h5-6H,2-4H2,1H3. The largest absolute Gasteiger partial charge is 0.413 e. The highest BCUT2D eigenvalue weighted by atomic mass is 35.5.